The van der Waals surface area contributed by atoms with Gasteiger partial charge in [-0.15, -0.1) is 0 Å². The van der Waals surface area contributed by atoms with Gasteiger partial charge in [-0.1, -0.05) is 0 Å². The summed E-state index contributed by atoms with van der Waals surface area (Å²) in [7, 11) is 0. The number of hydrogen-bond donors (Lipinski definition) is 0. The largest absolute Gasteiger partial charge is 0.476 e. The summed E-state index contributed by atoms with van der Waals surface area (Å²) in [6.45, 7) is 2.59. The Kier molecular flexibility index (Phi) is 3.21. The first-order valence-electron chi connectivity index (χ1n) is 4.60. The molecule has 0 saturated carbocycles. The van der Waals surface area contributed by atoms with Gasteiger partial charge in [0.05, 0.1) is 6.61 Å². The van der Waals surface area contributed by atoms with Crippen LogP contribution >= 0.6 is 27.9 Å². The lowest BCUT2D eigenvalue weighted by Gasteiger charge is -2.07. The maximum Gasteiger partial charge on any atom is 0.239 e. The third-order valence-electron chi connectivity index (χ3n) is 2.08. The van der Waals surface area contributed by atoms with Gasteiger partial charge in [-0.2, -0.15) is 0 Å². The molecule has 2 heterocycles. The Morgan fingerprint density at radius 2 is 2.40 bits per heavy atom. The summed E-state index contributed by atoms with van der Waals surface area (Å²) in [6.07, 6.45) is 5.82. The highest BCUT2D eigenvalue weighted by Gasteiger charge is 2.11. The first-order valence-corrected chi connectivity index (χ1v) is 6.58. The number of rotatable bonds is 3. The van der Waals surface area contributed by atoms with Crippen LogP contribution in [-0.2, 0) is 0 Å². The van der Waals surface area contributed by atoms with Crippen molar-refractivity contribution >= 4 is 38.8 Å². The van der Waals surface area contributed by atoms with Gasteiger partial charge in [0, 0.05) is 28.5 Å². The summed E-state index contributed by atoms with van der Waals surface area (Å²) in [4.78, 5) is 4.27. The Bertz CT molecular complexity index is 483. The summed E-state index contributed by atoms with van der Waals surface area (Å²) < 4.78 is 8.56. The fourth-order valence-electron chi connectivity index (χ4n) is 1.46. The fourth-order valence-corrected chi connectivity index (χ4v) is 2.42. The van der Waals surface area contributed by atoms with Gasteiger partial charge in [0.2, 0.25) is 5.88 Å². The molecular formula is C10H11BrN2OS. The van der Waals surface area contributed by atoms with E-state index in [1.807, 2.05) is 19.4 Å². The summed E-state index contributed by atoms with van der Waals surface area (Å²) in [5.74, 6) is 0.690. The molecule has 0 saturated heterocycles. The number of pyridine rings is 1. The maximum atomic E-state index is 5.51. The van der Waals surface area contributed by atoms with Crippen molar-refractivity contribution in [1.82, 2.24) is 8.96 Å². The Balaban J connectivity index is 2.69. The average Bonchev–Trinajstić information content (AvgIpc) is 2.67. The molecule has 0 radical (unpaired) electrons. The SMILES string of the molecule is CCOc1ncc(Br)c2ccn(SC)c12. The van der Waals surface area contributed by atoms with Crippen LogP contribution in [0.2, 0.25) is 0 Å². The fraction of sp³-hybridized carbons (Fsp3) is 0.300. The van der Waals surface area contributed by atoms with Gasteiger partial charge >= 0.3 is 0 Å². The molecule has 0 unspecified atom stereocenters. The van der Waals surface area contributed by atoms with Crippen molar-refractivity contribution in [2.45, 2.75) is 6.92 Å². The van der Waals surface area contributed by atoms with Crippen LogP contribution in [0.15, 0.2) is 22.9 Å². The van der Waals surface area contributed by atoms with Crippen LogP contribution in [0.4, 0.5) is 0 Å². The predicted octanol–water partition coefficient (Wildman–Crippen LogP) is 3.32. The highest BCUT2D eigenvalue weighted by Crippen LogP contribution is 2.32. The second-order valence-electron chi connectivity index (χ2n) is 2.93. The van der Waals surface area contributed by atoms with Gasteiger partial charge in [-0.3, -0.25) is 3.97 Å². The monoisotopic (exact) mass is 286 g/mol. The van der Waals surface area contributed by atoms with Gasteiger partial charge in [-0.25, -0.2) is 4.98 Å². The maximum absolute atomic E-state index is 5.51. The zero-order chi connectivity index (χ0) is 10.8. The number of halogens is 1. The molecule has 2 aromatic heterocycles. The van der Waals surface area contributed by atoms with E-state index in [0.29, 0.717) is 12.5 Å². The quantitative estimate of drug-likeness (QED) is 0.866. The van der Waals surface area contributed by atoms with Crippen LogP contribution in [0.1, 0.15) is 6.92 Å². The standard InChI is InChI=1S/C10H11BrN2OS/c1-3-14-10-9-7(8(11)6-12-10)4-5-13(9)15-2/h4-6H,3H2,1-2H3. The molecule has 0 N–H and O–H groups in total. The molecule has 2 rings (SSSR count). The van der Waals surface area contributed by atoms with Gasteiger partial charge < -0.3 is 4.74 Å². The minimum atomic E-state index is 0.628. The van der Waals surface area contributed by atoms with E-state index in [1.54, 1.807) is 18.1 Å². The molecule has 5 heteroatoms. The number of ether oxygens (including phenoxy) is 1. The lowest BCUT2D eigenvalue weighted by molar-refractivity contribution is 0.330. The molecule has 15 heavy (non-hydrogen) atoms. The topological polar surface area (TPSA) is 27.1 Å². The Morgan fingerprint density at radius 3 is 3.07 bits per heavy atom. The van der Waals surface area contributed by atoms with Crippen LogP contribution in [0.5, 0.6) is 5.88 Å². The number of fused-ring (bicyclic) bond motifs is 1. The Morgan fingerprint density at radius 1 is 1.60 bits per heavy atom. The van der Waals surface area contributed by atoms with Crippen molar-refractivity contribution in [3.05, 3.63) is 22.9 Å². The van der Waals surface area contributed by atoms with Gasteiger partial charge in [0.25, 0.3) is 0 Å². The molecule has 0 aliphatic rings. The van der Waals surface area contributed by atoms with E-state index in [-0.39, 0.29) is 0 Å². The number of nitrogens with zero attached hydrogens (tertiary/aromatic N) is 2. The zero-order valence-electron chi connectivity index (χ0n) is 8.53. The molecule has 0 amide bonds. The van der Waals surface area contributed by atoms with E-state index in [4.69, 9.17) is 4.74 Å². The first-order chi connectivity index (χ1) is 7.27. The lowest BCUT2D eigenvalue weighted by atomic mass is 10.3. The van der Waals surface area contributed by atoms with E-state index in [9.17, 15) is 0 Å². The predicted molar refractivity (Wildman–Crippen MR) is 67.5 cm³/mol. The minimum Gasteiger partial charge on any atom is -0.476 e. The molecule has 0 bridgehead atoms. The molecule has 80 valence electrons. The van der Waals surface area contributed by atoms with Crippen molar-refractivity contribution in [2.24, 2.45) is 0 Å². The Labute approximate surface area is 101 Å². The zero-order valence-corrected chi connectivity index (χ0v) is 10.9. The van der Waals surface area contributed by atoms with Crippen molar-refractivity contribution in [1.29, 1.82) is 0 Å². The average molecular weight is 287 g/mol. The van der Waals surface area contributed by atoms with E-state index in [2.05, 4.69) is 31.0 Å². The van der Waals surface area contributed by atoms with Gasteiger partial charge in [-0.05, 0) is 40.9 Å². The van der Waals surface area contributed by atoms with Crippen molar-refractivity contribution in [3.63, 3.8) is 0 Å². The normalized spacial score (nSPS) is 10.9. The smallest absolute Gasteiger partial charge is 0.239 e. The summed E-state index contributed by atoms with van der Waals surface area (Å²) in [5.41, 5.74) is 1.03. The minimum absolute atomic E-state index is 0.628. The van der Waals surface area contributed by atoms with Crippen LogP contribution in [-0.4, -0.2) is 21.8 Å². The van der Waals surface area contributed by atoms with Crippen molar-refractivity contribution in [2.75, 3.05) is 12.9 Å². The summed E-state index contributed by atoms with van der Waals surface area (Å²) >= 11 is 5.11. The Hall–Kier alpha value is -0.680. The molecule has 0 spiro atoms. The van der Waals surface area contributed by atoms with Gasteiger partial charge in [0.15, 0.2) is 0 Å². The van der Waals surface area contributed by atoms with E-state index < -0.39 is 0 Å². The van der Waals surface area contributed by atoms with Gasteiger partial charge in [0.1, 0.15) is 5.52 Å². The molecule has 3 nitrogen and oxygen atoms in total. The summed E-state index contributed by atoms with van der Waals surface area (Å²) in [5, 5.41) is 1.13. The molecule has 0 aliphatic carbocycles. The molecule has 0 aromatic carbocycles. The van der Waals surface area contributed by atoms with Crippen molar-refractivity contribution < 1.29 is 4.74 Å². The third-order valence-corrected chi connectivity index (χ3v) is 3.41. The van der Waals surface area contributed by atoms with Crippen LogP contribution in [0.25, 0.3) is 10.9 Å². The van der Waals surface area contributed by atoms with E-state index >= 15 is 0 Å². The number of hydrogen-bond acceptors (Lipinski definition) is 3. The molecule has 0 aliphatic heterocycles. The summed E-state index contributed by atoms with van der Waals surface area (Å²) in [6, 6.07) is 2.06. The van der Waals surface area contributed by atoms with Crippen LogP contribution in [0, 0.1) is 0 Å². The highest BCUT2D eigenvalue weighted by atomic mass is 79.9. The second kappa shape index (κ2) is 4.45. The molecule has 0 atom stereocenters. The lowest BCUT2D eigenvalue weighted by Crippen LogP contribution is -1.97. The molecule has 0 fully saturated rings. The van der Waals surface area contributed by atoms with Crippen LogP contribution < -0.4 is 4.74 Å². The number of aromatic nitrogens is 2. The third kappa shape index (κ3) is 1.86. The van der Waals surface area contributed by atoms with E-state index in [0.717, 1.165) is 15.4 Å². The van der Waals surface area contributed by atoms with Crippen molar-refractivity contribution in [3.8, 4) is 5.88 Å². The van der Waals surface area contributed by atoms with Crippen LogP contribution in [0.3, 0.4) is 0 Å². The van der Waals surface area contributed by atoms with E-state index in [1.165, 1.54) is 0 Å². The molecule has 2 aromatic rings. The molecular weight excluding hydrogens is 276 g/mol. The first kappa shape index (κ1) is 10.8. The second-order valence-corrected chi connectivity index (χ2v) is 4.54. The highest BCUT2D eigenvalue weighted by molar-refractivity contribution is 9.10.